The molecule has 1 N–H and O–H groups in total. The molecule has 4 nitrogen and oxygen atoms in total. The van der Waals surface area contributed by atoms with Gasteiger partial charge in [0, 0.05) is 9.35 Å². The van der Waals surface area contributed by atoms with Crippen LogP contribution in [-0.2, 0) is 12.8 Å². The molecule has 0 saturated heterocycles. The maximum atomic E-state index is 12.7. The van der Waals surface area contributed by atoms with Crippen LogP contribution in [0.2, 0.25) is 0 Å². The monoisotopic (exact) mass is 404 g/mol. The summed E-state index contributed by atoms with van der Waals surface area (Å²) in [6, 6.07) is 5.75. The van der Waals surface area contributed by atoms with Crippen LogP contribution in [0.5, 0.6) is 5.75 Å². The van der Waals surface area contributed by atoms with Crippen molar-refractivity contribution in [3.63, 3.8) is 0 Å². The Bertz CT molecular complexity index is 977. The standard InChI is InChI=1S/C18H17BrN2O2S/c1-2-23-13-8-7-10(19)9-12(13)16-20-17(22)15-11-5-3-4-6-14(11)24-18(15)21-16/h7-9H,2-6H2,1H3,(H,20,21,22). The predicted molar refractivity (Wildman–Crippen MR) is 101 cm³/mol. The molecule has 124 valence electrons. The maximum absolute atomic E-state index is 12.7. The topological polar surface area (TPSA) is 55.0 Å². The van der Waals surface area contributed by atoms with Gasteiger partial charge in [-0.25, -0.2) is 4.98 Å². The highest BCUT2D eigenvalue weighted by Crippen LogP contribution is 2.36. The molecule has 0 amide bonds. The van der Waals surface area contributed by atoms with Crippen molar-refractivity contribution in [1.29, 1.82) is 0 Å². The molecule has 1 aromatic carbocycles. The highest BCUT2D eigenvalue weighted by Gasteiger charge is 2.21. The van der Waals surface area contributed by atoms with E-state index in [0.29, 0.717) is 12.4 Å². The second kappa shape index (κ2) is 6.33. The van der Waals surface area contributed by atoms with E-state index in [4.69, 9.17) is 9.72 Å². The molecular formula is C18H17BrN2O2S. The molecule has 6 heteroatoms. The van der Waals surface area contributed by atoms with E-state index < -0.39 is 0 Å². The molecule has 24 heavy (non-hydrogen) atoms. The number of ether oxygens (including phenoxy) is 1. The van der Waals surface area contributed by atoms with Crippen molar-refractivity contribution in [2.24, 2.45) is 0 Å². The van der Waals surface area contributed by atoms with Gasteiger partial charge in [0.2, 0.25) is 0 Å². The molecule has 0 spiro atoms. The van der Waals surface area contributed by atoms with Crippen molar-refractivity contribution in [1.82, 2.24) is 9.97 Å². The number of hydrogen-bond acceptors (Lipinski definition) is 4. The Morgan fingerprint density at radius 1 is 1.33 bits per heavy atom. The maximum Gasteiger partial charge on any atom is 0.260 e. The van der Waals surface area contributed by atoms with Gasteiger partial charge in [0.05, 0.1) is 17.6 Å². The summed E-state index contributed by atoms with van der Waals surface area (Å²) in [5, 5.41) is 0.784. The number of halogens is 1. The van der Waals surface area contributed by atoms with Crippen molar-refractivity contribution in [3.8, 4) is 17.1 Å². The molecule has 0 bridgehead atoms. The van der Waals surface area contributed by atoms with Gasteiger partial charge in [0.1, 0.15) is 16.4 Å². The number of aromatic amines is 1. The van der Waals surface area contributed by atoms with Crippen LogP contribution in [-0.4, -0.2) is 16.6 Å². The fraction of sp³-hybridized carbons (Fsp3) is 0.333. The first-order valence-electron chi connectivity index (χ1n) is 8.14. The minimum Gasteiger partial charge on any atom is -0.493 e. The van der Waals surface area contributed by atoms with Gasteiger partial charge in [-0.15, -0.1) is 11.3 Å². The lowest BCUT2D eigenvalue weighted by Gasteiger charge is -2.11. The average molecular weight is 405 g/mol. The molecule has 0 aliphatic heterocycles. The van der Waals surface area contributed by atoms with Crippen LogP contribution in [0.1, 0.15) is 30.2 Å². The Kier molecular flexibility index (Phi) is 4.18. The van der Waals surface area contributed by atoms with E-state index in [2.05, 4.69) is 20.9 Å². The molecule has 0 unspecified atom stereocenters. The molecule has 2 aromatic heterocycles. The van der Waals surface area contributed by atoms with Gasteiger partial charge in [0.25, 0.3) is 5.56 Å². The summed E-state index contributed by atoms with van der Waals surface area (Å²) in [7, 11) is 0. The summed E-state index contributed by atoms with van der Waals surface area (Å²) in [5.41, 5.74) is 1.97. The van der Waals surface area contributed by atoms with Gasteiger partial charge in [-0.1, -0.05) is 15.9 Å². The first-order chi connectivity index (χ1) is 11.7. The fourth-order valence-electron chi connectivity index (χ4n) is 3.26. The Morgan fingerprint density at radius 2 is 2.17 bits per heavy atom. The molecule has 2 heterocycles. The van der Waals surface area contributed by atoms with Crippen molar-refractivity contribution in [2.45, 2.75) is 32.6 Å². The minimum absolute atomic E-state index is 0.0446. The molecule has 1 aliphatic carbocycles. The highest BCUT2D eigenvalue weighted by molar-refractivity contribution is 9.10. The van der Waals surface area contributed by atoms with E-state index in [1.54, 1.807) is 11.3 Å². The smallest absolute Gasteiger partial charge is 0.260 e. The first-order valence-corrected chi connectivity index (χ1v) is 9.75. The number of hydrogen-bond donors (Lipinski definition) is 1. The van der Waals surface area contributed by atoms with Gasteiger partial charge in [-0.3, -0.25) is 4.79 Å². The van der Waals surface area contributed by atoms with Crippen molar-refractivity contribution >= 4 is 37.5 Å². The van der Waals surface area contributed by atoms with E-state index in [-0.39, 0.29) is 5.56 Å². The van der Waals surface area contributed by atoms with Crippen LogP contribution in [0, 0.1) is 0 Å². The summed E-state index contributed by atoms with van der Waals surface area (Å²) in [6.45, 7) is 2.51. The molecule has 0 atom stereocenters. The number of benzene rings is 1. The molecule has 0 saturated carbocycles. The Morgan fingerprint density at radius 3 is 3.00 bits per heavy atom. The summed E-state index contributed by atoms with van der Waals surface area (Å²) in [5.74, 6) is 1.29. The zero-order valence-corrected chi connectivity index (χ0v) is 15.7. The second-order valence-electron chi connectivity index (χ2n) is 5.88. The zero-order valence-electron chi connectivity index (χ0n) is 13.3. The van der Waals surface area contributed by atoms with Crippen LogP contribution in [0.3, 0.4) is 0 Å². The zero-order chi connectivity index (χ0) is 16.7. The number of thiophene rings is 1. The number of rotatable bonds is 3. The van der Waals surface area contributed by atoms with E-state index >= 15 is 0 Å². The Labute approximate surface area is 152 Å². The summed E-state index contributed by atoms with van der Waals surface area (Å²) >= 11 is 5.15. The normalized spacial score (nSPS) is 13.9. The molecule has 0 fully saturated rings. The minimum atomic E-state index is -0.0446. The summed E-state index contributed by atoms with van der Waals surface area (Å²) < 4.78 is 6.63. The van der Waals surface area contributed by atoms with E-state index in [1.807, 2.05) is 25.1 Å². The van der Waals surface area contributed by atoms with Gasteiger partial charge in [-0.2, -0.15) is 0 Å². The third kappa shape index (κ3) is 2.67. The molecule has 3 aromatic rings. The van der Waals surface area contributed by atoms with Crippen molar-refractivity contribution in [2.75, 3.05) is 6.61 Å². The van der Waals surface area contributed by atoms with Crippen LogP contribution >= 0.6 is 27.3 Å². The van der Waals surface area contributed by atoms with Gasteiger partial charge < -0.3 is 9.72 Å². The lowest BCUT2D eigenvalue weighted by Crippen LogP contribution is -2.11. The average Bonchev–Trinajstić information content (AvgIpc) is 2.95. The second-order valence-corrected chi connectivity index (χ2v) is 7.88. The van der Waals surface area contributed by atoms with Gasteiger partial charge in [0.15, 0.2) is 0 Å². The predicted octanol–water partition coefficient (Wildman–Crippen LogP) is 4.69. The fourth-order valence-corrected chi connectivity index (χ4v) is 4.88. The first kappa shape index (κ1) is 15.8. The van der Waals surface area contributed by atoms with E-state index in [1.165, 1.54) is 16.9 Å². The molecule has 0 radical (unpaired) electrons. The van der Waals surface area contributed by atoms with Crippen LogP contribution in [0.15, 0.2) is 27.5 Å². The molecule has 1 aliphatic rings. The SMILES string of the molecule is CCOc1ccc(Br)cc1-c1nc2sc3c(c2c(=O)[nH]1)CCCC3. The van der Waals surface area contributed by atoms with E-state index in [9.17, 15) is 4.79 Å². The number of H-pyrrole nitrogens is 1. The Hall–Kier alpha value is -1.66. The lowest BCUT2D eigenvalue weighted by atomic mass is 9.97. The van der Waals surface area contributed by atoms with Crippen LogP contribution in [0.25, 0.3) is 21.6 Å². The largest absolute Gasteiger partial charge is 0.493 e. The molecule has 4 rings (SSSR count). The lowest BCUT2D eigenvalue weighted by molar-refractivity contribution is 0.341. The number of nitrogens with one attached hydrogen (secondary N) is 1. The van der Waals surface area contributed by atoms with Crippen LogP contribution in [0.4, 0.5) is 0 Å². The number of nitrogens with zero attached hydrogens (tertiary/aromatic N) is 1. The van der Waals surface area contributed by atoms with Crippen LogP contribution < -0.4 is 10.3 Å². The number of aromatic nitrogens is 2. The van der Waals surface area contributed by atoms with E-state index in [0.717, 1.165) is 45.3 Å². The van der Waals surface area contributed by atoms with Crippen molar-refractivity contribution < 1.29 is 4.74 Å². The number of fused-ring (bicyclic) bond motifs is 3. The van der Waals surface area contributed by atoms with Gasteiger partial charge in [-0.05, 0) is 56.4 Å². The third-order valence-corrected chi connectivity index (χ3v) is 6.00. The Balaban J connectivity index is 1.93. The summed E-state index contributed by atoms with van der Waals surface area (Å²) in [6.07, 6.45) is 4.40. The summed E-state index contributed by atoms with van der Waals surface area (Å²) in [4.78, 5) is 22.6. The van der Waals surface area contributed by atoms with Gasteiger partial charge >= 0.3 is 0 Å². The van der Waals surface area contributed by atoms with Crippen molar-refractivity contribution in [3.05, 3.63) is 43.5 Å². The third-order valence-electron chi connectivity index (χ3n) is 4.32. The molecular weight excluding hydrogens is 388 g/mol. The number of aryl methyl sites for hydroxylation is 2. The highest BCUT2D eigenvalue weighted by atomic mass is 79.9. The quantitative estimate of drug-likeness (QED) is 0.688.